The molecule has 0 aliphatic heterocycles. The van der Waals surface area contributed by atoms with Crippen LogP contribution in [0.15, 0.2) is 59.5 Å². The number of amides is 2. The molecule has 6 N–H and O–H groups in total. The first-order chi connectivity index (χ1) is 31.0. The molecule has 0 bridgehead atoms. The Labute approximate surface area is 370 Å². The van der Waals surface area contributed by atoms with E-state index in [1.54, 1.807) is 27.7 Å². The Balaban J connectivity index is 1.38. The third kappa shape index (κ3) is 16.1. The van der Waals surface area contributed by atoms with Gasteiger partial charge in [-0.2, -0.15) is 4.98 Å². The Morgan fingerprint density at radius 2 is 1.46 bits per heavy atom. The number of aliphatic carboxylic acids is 2. The van der Waals surface area contributed by atoms with Crippen molar-refractivity contribution in [2.75, 3.05) is 50.3 Å². The smallest absolute Gasteiger partial charge is 0.475 e. The molecule has 352 valence electrons. The molecular formula is C38H47N7O18P2. The number of carboxylic acid groups (broad SMARTS) is 2. The molecule has 2 heterocycles. The van der Waals surface area contributed by atoms with E-state index >= 15 is 0 Å². The van der Waals surface area contributed by atoms with E-state index in [0.717, 1.165) is 0 Å². The van der Waals surface area contributed by atoms with Gasteiger partial charge < -0.3 is 30.3 Å². The number of aromatic nitrogens is 4. The van der Waals surface area contributed by atoms with Crippen molar-refractivity contribution in [2.45, 2.75) is 59.2 Å². The summed E-state index contributed by atoms with van der Waals surface area (Å²) in [6, 6.07) is 9.99. The third-order valence-corrected chi connectivity index (χ3v) is 11.4. The molecule has 4 rings (SSSR count). The van der Waals surface area contributed by atoms with Gasteiger partial charge in [0.15, 0.2) is 11.2 Å². The number of para-hydroxylation sites is 1. The fraction of sp³-hybridized carbons (Fsp3) is 0.395. The summed E-state index contributed by atoms with van der Waals surface area (Å²) in [7, 11) is -8.32. The third-order valence-electron chi connectivity index (χ3n) is 8.11. The number of H-pyrrole nitrogens is 1. The van der Waals surface area contributed by atoms with Crippen LogP contribution in [0.5, 0.6) is 5.75 Å². The van der Waals surface area contributed by atoms with Crippen molar-refractivity contribution in [3.05, 3.63) is 81.9 Å². The lowest BCUT2D eigenvalue weighted by Crippen LogP contribution is -2.41. The fourth-order valence-electron chi connectivity index (χ4n) is 5.30. The monoisotopic (exact) mass is 951 g/mol. The van der Waals surface area contributed by atoms with Gasteiger partial charge in [-0.05, 0) is 70.5 Å². The molecule has 0 saturated heterocycles. The van der Waals surface area contributed by atoms with Gasteiger partial charge in [0.05, 0.1) is 51.5 Å². The number of carboxylic acids is 2. The van der Waals surface area contributed by atoms with Crippen LogP contribution in [0.2, 0.25) is 0 Å². The minimum atomic E-state index is -4.23. The van der Waals surface area contributed by atoms with Crippen LogP contribution in [0.25, 0.3) is 11.2 Å². The van der Waals surface area contributed by atoms with Gasteiger partial charge in [0.1, 0.15) is 30.1 Å². The number of benzene rings is 2. The number of hydrogen-bond donors (Lipinski definition) is 6. The van der Waals surface area contributed by atoms with Crippen molar-refractivity contribution in [3.8, 4) is 5.75 Å². The number of carbonyl (C=O) groups excluding carboxylic acids is 3. The molecule has 2 aromatic heterocycles. The highest BCUT2D eigenvalue weighted by molar-refractivity contribution is 7.48. The summed E-state index contributed by atoms with van der Waals surface area (Å²) >= 11 is 0. The molecule has 25 nitrogen and oxygen atoms in total. The average molecular weight is 952 g/mol. The Morgan fingerprint density at radius 1 is 0.815 bits per heavy atom. The summed E-state index contributed by atoms with van der Waals surface area (Å²) in [5.74, 6) is -4.98. The molecule has 0 saturated carbocycles. The summed E-state index contributed by atoms with van der Waals surface area (Å²) in [6.07, 6.45) is -2.00. The highest BCUT2D eigenvalue weighted by Crippen LogP contribution is 2.52. The van der Waals surface area contributed by atoms with E-state index in [1.807, 2.05) is 0 Å². The quantitative estimate of drug-likeness (QED) is 0.0342. The predicted octanol–water partition coefficient (Wildman–Crippen LogP) is 4.90. The number of phosphoric ester groups is 2. The molecule has 27 heteroatoms. The number of rotatable bonds is 27. The summed E-state index contributed by atoms with van der Waals surface area (Å²) in [5, 5.41) is 25.7. The Hall–Kier alpha value is -6.17. The maximum absolute atomic E-state index is 13.3. The van der Waals surface area contributed by atoms with Gasteiger partial charge in [-0.25, -0.2) is 33.5 Å². The number of ether oxygens (including phenoxy) is 2. The number of anilines is 2. The highest BCUT2D eigenvalue weighted by Gasteiger charge is 2.35. The van der Waals surface area contributed by atoms with Crippen molar-refractivity contribution in [3.63, 3.8) is 0 Å². The number of carbonyl (C=O) groups is 5. The molecule has 0 spiro atoms. The molecule has 0 aliphatic carbocycles. The second kappa shape index (κ2) is 24.8. The van der Waals surface area contributed by atoms with E-state index in [4.69, 9.17) is 41.7 Å². The number of aromatic amines is 1. The average Bonchev–Trinajstić information content (AvgIpc) is 3.25. The van der Waals surface area contributed by atoms with Gasteiger partial charge >= 0.3 is 39.6 Å². The van der Waals surface area contributed by atoms with Crippen LogP contribution in [-0.4, -0.2) is 112 Å². The van der Waals surface area contributed by atoms with Gasteiger partial charge in [-0.15, -0.1) is 0 Å². The summed E-state index contributed by atoms with van der Waals surface area (Å²) in [6.45, 7) is 4.78. The van der Waals surface area contributed by atoms with Crippen LogP contribution in [-0.2, 0) is 57.1 Å². The van der Waals surface area contributed by atoms with Crippen molar-refractivity contribution in [1.82, 2.24) is 25.3 Å². The van der Waals surface area contributed by atoms with Crippen LogP contribution in [0, 0.1) is 0 Å². The number of nitrogens with zero attached hydrogens (tertiary/aromatic N) is 3. The molecule has 0 radical (unpaired) electrons. The molecule has 2 aromatic carbocycles. The molecule has 2 atom stereocenters. The molecule has 65 heavy (non-hydrogen) atoms. The normalized spacial score (nSPS) is 12.5. The SMILES string of the molecule is CCOP(=O)(OCC)OCC(COC(=O)c1ccccc1OC(=O)Nc1nc2ncc(CNc3ccc(C(=O)N[C@@H](CCC(=O)O)C(=O)O)cc3)nc2c(=O)[nH]1)OP(=O)(OCC)OCC. The number of hydrogen-bond acceptors (Lipinski definition) is 20. The van der Waals surface area contributed by atoms with Gasteiger partial charge in [-0.3, -0.25) is 51.8 Å². The van der Waals surface area contributed by atoms with Gasteiger partial charge in [-0.1, -0.05) is 12.1 Å². The predicted molar refractivity (Wildman–Crippen MR) is 226 cm³/mol. The zero-order chi connectivity index (χ0) is 47.6. The summed E-state index contributed by atoms with van der Waals surface area (Å²) in [4.78, 5) is 89.0. The van der Waals surface area contributed by atoms with E-state index in [0.29, 0.717) is 11.4 Å². The van der Waals surface area contributed by atoms with Crippen molar-refractivity contribution < 1.29 is 79.9 Å². The van der Waals surface area contributed by atoms with Crippen LogP contribution in [0.3, 0.4) is 0 Å². The van der Waals surface area contributed by atoms with Gasteiger partial charge in [0.25, 0.3) is 11.5 Å². The van der Waals surface area contributed by atoms with Crippen molar-refractivity contribution in [1.29, 1.82) is 0 Å². The molecule has 0 aliphatic rings. The van der Waals surface area contributed by atoms with Crippen molar-refractivity contribution >= 4 is 68.4 Å². The fourth-order valence-corrected chi connectivity index (χ4v) is 7.82. The highest BCUT2D eigenvalue weighted by atomic mass is 31.2. The van der Waals surface area contributed by atoms with E-state index in [1.165, 1.54) is 54.7 Å². The number of phosphoric acid groups is 2. The lowest BCUT2D eigenvalue weighted by atomic mass is 10.1. The van der Waals surface area contributed by atoms with E-state index in [-0.39, 0.29) is 73.4 Å². The Morgan fingerprint density at radius 3 is 2.09 bits per heavy atom. The second-order valence-corrected chi connectivity index (χ2v) is 16.2. The van der Waals surface area contributed by atoms with Crippen LogP contribution in [0.4, 0.5) is 16.4 Å². The first kappa shape index (κ1) is 51.5. The van der Waals surface area contributed by atoms with Gasteiger partial charge in [0, 0.05) is 17.7 Å². The number of fused-ring (bicyclic) bond motifs is 1. The lowest BCUT2D eigenvalue weighted by molar-refractivity contribution is -0.140. The first-order valence-electron chi connectivity index (χ1n) is 19.7. The molecule has 0 fully saturated rings. The van der Waals surface area contributed by atoms with E-state index in [9.17, 15) is 43.0 Å². The topological polar surface area (TPSA) is 341 Å². The van der Waals surface area contributed by atoms with Crippen molar-refractivity contribution in [2.24, 2.45) is 0 Å². The molecule has 2 amide bonds. The first-order valence-corrected chi connectivity index (χ1v) is 22.6. The zero-order valence-corrected chi connectivity index (χ0v) is 37.2. The van der Waals surface area contributed by atoms with E-state index in [2.05, 4.69) is 35.9 Å². The van der Waals surface area contributed by atoms with Gasteiger partial charge in [0.2, 0.25) is 5.95 Å². The largest absolute Gasteiger partial charge is 0.481 e. The lowest BCUT2D eigenvalue weighted by Gasteiger charge is -2.24. The summed E-state index contributed by atoms with van der Waals surface area (Å²) < 4.78 is 68.3. The van der Waals surface area contributed by atoms with Crippen LogP contribution < -0.4 is 26.2 Å². The summed E-state index contributed by atoms with van der Waals surface area (Å²) in [5.41, 5.74) is -0.399. The van der Waals surface area contributed by atoms with E-state index < -0.39 is 82.9 Å². The number of esters is 1. The Kier molecular flexibility index (Phi) is 19.6. The second-order valence-electron chi connectivity index (χ2n) is 12.9. The molecular weight excluding hydrogens is 904 g/mol. The standard InChI is InChI=1S/C38H47N7O18P2/c1-5-57-64(54,58-6-2)61-22-26(63-65(55,59-7-3)60-8-4)21-56-36(52)27-11-9-10-12-29(27)62-38(53)45-37-43-32-31(34(49)44-37)41-25(20-40-32)19-39-24-15-13-23(14-16-24)33(48)42-28(35(50)51)17-18-30(46)47/h9-16,20,26,28,39H,5-8,17-19,21-22H2,1-4H3,(H,42,48)(H,46,47)(H,50,51)(H2,40,43,44,45,49,53)/t26?,28-/m0/s1. The molecule has 4 aromatic rings. The number of nitrogens with one attached hydrogen (secondary N) is 4. The van der Waals surface area contributed by atoms with Crippen LogP contribution in [0.1, 0.15) is 66.9 Å². The minimum absolute atomic E-state index is 0.0337. The maximum atomic E-state index is 13.3. The van der Waals surface area contributed by atoms with Crippen LogP contribution >= 0.6 is 15.6 Å². The zero-order valence-electron chi connectivity index (χ0n) is 35.4. The maximum Gasteiger partial charge on any atom is 0.475 e. The minimum Gasteiger partial charge on any atom is -0.481 e. The molecule has 1 unspecified atom stereocenters. The Bertz CT molecular complexity index is 2440.